The summed E-state index contributed by atoms with van der Waals surface area (Å²) < 4.78 is 0. The van der Waals surface area contributed by atoms with E-state index >= 15 is 0 Å². The maximum atomic E-state index is 2.57. The summed E-state index contributed by atoms with van der Waals surface area (Å²) in [5.74, 6) is 2.90. The first kappa shape index (κ1) is 26.3. The third kappa shape index (κ3) is 3.44. The molecule has 11 rings (SSSR count). The van der Waals surface area contributed by atoms with Crippen molar-refractivity contribution in [1.29, 1.82) is 0 Å². The lowest BCUT2D eigenvalue weighted by molar-refractivity contribution is -0.00518. The molecule has 5 aromatic rings. The van der Waals surface area contributed by atoms with Crippen LogP contribution >= 0.6 is 0 Å². The van der Waals surface area contributed by atoms with E-state index in [9.17, 15) is 0 Å². The van der Waals surface area contributed by atoms with Crippen LogP contribution in [0.2, 0.25) is 0 Å². The molecule has 0 N–H and O–H groups in total. The Kier molecular flexibility index (Phi) is 5.19. The Morgan fingerprint density at radius 3 is 1.53 bits per heavy atom. The molecule has 0 heterocycles. The molecule has 4 bridgehead atoms. The smallest absolute Gasteiger partial charge is 0.0619 e. The third-order valence-electron chi connectivity index (χ3n) is 12.8. The molecule has 4 saturated carbocycles. The van der Waals surface area contributed by atoms with Crippen molar-refractivity contribution in [1.82, 2.24) is 0 Å². The molecule has 0 saturated heterocycles. The van der Waals surface area contributed by atoms with Crippen LogP contribution in [0.4, 0.5) is 0 Å². The van der Waals surface area contributed by atoms with Crippen molar-refractivity contribution in [2.45, 2.75) is 75.5 Å². The molecule has 6 aliphatic carbocycles. The predicted molar refractivity (Wildman–Crippen MR) is 187 cm³/mol. The van der Waals surface area contributed by atoms with Crippen LogP contribution in [0.3, 0.4) is 0 Å². The van der Waals surface area contributed by atoms with E-state index in [-0.39, 0.29) is 10.8 Å². The van der Waals surface area contributed by atoms with Crippen molar-refractivity contribution < 1.29 is 0 Å². The molecule has 0 atom stereocenters. The van der Waals surface area contributed by atoms with E-state index < -0.39 is 0 Å². The molecule has 0 nitrogen and oxygen atoms in total. The molecule has 45 heavy (non-hydrogen) atoms. The van der Waals surface area contributed by atoms with E-state index in [0.29, 0.717) is 5.41 Å². The topological polar surface area (TPSA) is 0 Å². The molecule has 0 radical (unpaired) electrons. The SMILES string of the molecule is CC(C)(C)c1cc(-c2ccc(C34CC5CC(CC(C5)C3)C4)cc2)c2c(c1)C1(c3ccccc3-c3ccccc31)c1ccccc1-2. The van der Waals surface area contributed by atoms with Crippen molar-refractivity contribution in [2.75, 3.05) is 0 Å². The Morgan fingerprint density at radius 1 is 0.511 bits per heavy atom. The van der Waals surface area contributed by atoms with Crippen molar-refractivity contribution in [3.05, 3.63) is 143 Å². The summed E-state index contributed by atoms with van der Waals surface area (Å²) in [6.07, 6.45) is 8.75. The van der Waals surface area contributed by atoms with E-state index in [0.717, 1.165) is 17.8 Å². The first-order valence-corrected chi connectivity index (χ1v) is 17.4. The Labute approximate surface area is 268 Å². The van der Waals surface area contributed by atoms with Gasteiger partial charge in [-0.25, -0.2) is 0 Å². The van der Waals surface area contributed by atoms with Gasteiger partial charge < -0.3 is 0 Å². The van der Waals surface area contributed by atoms with Crippen LogP contribution in [-0.2, 0) is 16.2 Å². The molecule has 6 aliphatic rings. The van der Waals surface area contributed by atoms with E-state index in [1.54, 1.807) is 5.56 Å². The zero-order valence-corrected chi connectivity index (χ0v) is 26.9. The van der Waals surface area contributed by atoms with Gasteiger partial charge in [0.05, 0.1) is 5.41 Å². The number of rotatable bonds is 2. The lowest BCUT2D eigenvalue weighted by Crippen LogP contribution is -2.48. The monoisotopic (exact) mass is 582 g/mol. The summed E-state index contributed by atoms with van der Waals surface area (Å²) in [7, 11) is 0. The molecular formula is C45H42. The highest BCUT2D eigenvalue weighted by Gasteiger charge is 2.53. The largest absolute Gasteiger partial charge is 0.0725 e. The van der Waals surface area contributed by atoms with E-state index in [4.69, 9.17) is 0 Å². The molecule has 4 fully saturated rings. The minimum Gasteiger partial charge on any atom is -0.0619 e. The van der Waals surface area contributed by atoms with Gasteiger partial charge in [0, 0.05) is 0 Å². The first-order valence-electron chi connectivity index (χ1n) is 17.4. The van der Waals surface area contributed by atoms with Crippen LogP contribution in [0, 0.1) is 17.8 Å². The summed E-state index contributed by atoms with van der Waals surface area (Å²) in [5.41, 5.74) is 17.2. The summed E-state index contributed by atoms with van der Waals surface area (Å²) in [5, 5.41) is 0. The van der Waals surface area contributed by atoms with Gasteiger partial charge in [0.2, 0.25) is 0 Å². The van der Waals surface area contributed by atoms with Crippen molar-refractivity contribution in [3.63, 3.8) is 0 Å². The summed E-state index contributed by atoms with van der Waals surface area (Å²) in [6, 6.07) is 42.8. The number of benzene rings is 5. The predicted octanol–water partition coefficient (Wildman–Crippen LogP) is 11.5. The third-order valence-corrected chi connectivity index (χ3v) is 12.8. The molecule has 0 amide bonds. The lowest BCUT2D eigenvalue weighted by atomic mass is 9.48. The highest BCUT2D eigenvalue weighted by atomic mass is 14.6. The number of hydrogen-bond acceptors (Lipinski definition) is 0. The molecule has 0 aliphatic heterocycles. The van der Waals surface area contributed by atoms with Gasteiger partial charge in [-0.15, -0.1) is 0 Å². The van der Waals surface area contributed by atoms with Crippen molar-refractivity contribution in [3.8, 4) is 33.4 Å². The zero-order valence-electron chi connectivity index (χ0n) is 26.9. The first-order chi connectivity index (χ1) is 21.8. The van der Waals surface area contributed by atoms with Crippen LogP contribution in [0.5, 0.6) is 0 Å². The Balaban J connectivity index is 1.22. The fraction of sp³-hybridized carbons (Fsp3) is 0.333. The van der Waals surface area contributed by atoms with Crippen LogP contribution in [0.15, 0.2) is 109 Å². The maximum Gasteiger partial charge on any atom is 0.0725 e. The Morgan fingerprint density at radius 2 is 1.00 bits per heavy atom. The molecule has 222 valence electrons. The molecular weight excluding hydrogens is 540 g/mol. The summed E-state index contributed by atoms with van der Waals surface area (Å²) in [6.45, 7) is 7.12. The average molecular weight is 583 g/mol. The second-order valence-corrected chi connectivity index (χ2v) is 16.4. The lowest BCUT2D eigenvalue weighted by Gasteiger charge is -2.57. The number of hydrogen-bond donors (Lipinski definition) is 0. The molecule has 5 aromatic carbocycles. The minimum atomic E-state index is -0.311. The molecule has 0 unspecified atom stereocenters. The van der Waals surface area contributed by atoms with E-state index in [1.165, 1.54) is 99.7 Å². The molecule has 1 spiro atoms. The van der Waals surface area contributed by atoms with Crippen molar-refractivity contribution in [2.24, 2.45) is 17.8 Å². The average Bonchev–Trinajstić information content (AvgIpc) is 3.51. The van der Waals surface area contributed by atoms with Gasteiger partial charge in [0.1, 0.15) is 0 Å². The van der Waals surface area contributed by atoms with Gasteiger partial charge in [-0.2, -0.15) is 0 Å². The number of fused-ring (bicyclic) bond motifs is 10. The van der Waals surface area contributed by atoms with Crippen molar-refractivity contribution >= 4 is 0 Å². The zero-order chi connectivity index (χ0) is 30.1. The van der Waals surface area contributed by atoms with Crippen LogP contribution in [0.25, 0.3) is 33.4 Å². The Hall–Kier alpha value is -3.90. The second-order valence-electron chi connectivity index (χ2n) is 16.4. The van der Waals surface area contributed by atoms with E-state index in [1.807, 2.05) is 0 Å². The van der Waals surface area contributed by atoms with Crippen LogP contribution < -0.4 is 0 Å². The van der Waals surface area contributed by atoms with Crippen LogP contribution in [0.1, 0.15) is 92.7 Å². The van der Waals surface area contributed by atoms with Gasteiger partial charge in [0.15, 0.2) is 0 Å². The summed E-state index contributed by atoms with van der Waals surface area (Å²) >= 11 is 0. The van der Waals surface area contributed by atoms with Gasteiger partial charge >= 0.3 is 0 Å². The normalized spacial score (nSPS) is 26.1. The Bertz CT molecular complexity index is 1930. The minimum absolute atomic E-state index is 0.0243. The van der Waals surface area contributed by atoms with Gasteiger partial charge in [-0.3, -0.25) is 0 Å². The van der Waals surface area contributed by atoms with Gasteiger partial charge in [0.25, 0.3) is 0 Å². The maximum absolute atomic E-state index is 2.57. The molecule has 0 heteroatoms. The van der Waals surface area contributed by atoms with E-state index in [2.05, 4.69) is 130 Å². The standard InChI is InChI=1S/C45H42/c1-43(2,3)33-23-37(31-16-18-32(19-17-31)44-25-28-20-29(26-44)22-30(21-28)27-44)42-36-12-6-9-15-40(36)45(41(42)24-33)38-13-7-4-10-34(38)35-11-5-8-14-39(35)45/h4-19,23-24,28-30H,20-22,25-27H2,1-3H3. The highest BCUT2D eigenvalue weighted by molar-refractivity contribution is 6.00. The quantitative estimate of drug-likeness (QED) is 0.190. The second kappa shape index (κ2) is 8.88. The fourth-order valence-corrected chi connectivity index (χ4v) is 11.3. The molecule has 0 aromatic heterocycles. The highest BCUT2D eigenvalue weighted by Crippen LogP contribution is 2.65. The van der Waals surface area contributed by atoms with Gasteiger partial charge in [-0.1, -0.05) is 124 Å². The summed E-state index contributed by atoms with van der Waals surface area (Å²) in [4.78, 5) is 0. The fourth-order valence-electron chi connectivity index (χ4n) is 11.3. The van der Waals surface area contributed by atoms with Crippen LogP contribution in [-0.4, -0.2) is 0 Å². The van der Waals surface area contributed by atoms with Gasteiger partial charge in [-0.05, 0) is 140 Å².